The number of aryl methyl sites for hydroxylation is 2. The number of rotatable bonds is 8. The van der Waals surface area contributed by atoms with E-state index in [0.717, 1.165) is 56.8 Å². The number of nitrogens with zero attached hydrogens (tertiary/aromatic N) is 1. The van der Waals surface area contributed by atoms with Crippen molar-refractivity contribution >= 4 is 5.69 Å². The van der Waals surface area contributed by atoms with Crippen molar-refractivity contribution < 1.29 is 36.0 Å². The average molecular weight is 696 g/mol. The summed E-state index contributed by atoms with van der Waals surface area (Å²) in [6.45, 7) is 12.8. The van der Waals surface area contributed by atoms with E-state index in [9.17, 15) is 5.11 Å². The second kappa shape index (κ2) is 19.8. The van der Waals surface area contributed by atoms with E-state index < -0.39 is 0 Å². The van der Waals surface area contributed by atoms with E-state index in [2.05, 4.69) is 38.2 Å². The van der Waals surface area contributed by atoms with Crippen LogP contribution in [0.5, 0.6) is 11.5 Å². The molecule has 47 heavy (non-hydrogen) atoms. The average Bonchev–Trinajstić information content (AvgIpc) is 3.08. The summed E-state index contributed by atoms with van der Waals surface area (Å²) < 4.78 is 6.14. The summed E-state index contributed by atoms with van der Waals surface area (Å²) >= 11 is 0. The second-order valence-corrected chi connectivity index (χ2v) is 10.9. The molecule has 0 aliphatic carbocycles. The molecule has 6 aromatic carbocycles. The molecule has 0 aliphatic rings. The van der Waals surface area contributed by atoms with Crippen LogP contribution in [0.3, 0.4) is 0 Å². The number of phenols is 1. The Bertz CT molecular complexity index is 1720. The predicted octanol–water partition coefficient (Wildman–Crippen LogP) is 11.6. The molecule has 3 nitrogen and oxygen atoms in total. The second-order valence-electron chi connectivity index (χ2n) is 10.9. The molecule has 1 radical (unpaired) electrons. The van der Waals surface area contributed by atoms with Crippen molar-refractivity contribution in [2.24, 2.45) is 0 Å². The molecule has 0 heterocycles. The zero-order valence-electron chi connectivity index (χ0n) is 27.3. The van der Waals surface area contributed by atoms with Crippen LogP contribution in [0.25, 0.3) is 27.6 Å². The molecule has 0 amide bonds. The summed E-state index contributed by atoms with van der Waals surface area (Å²) in [5, 5.41) is 15.8. The minimum Gasteiger partial charge on any atom is -0.684 e. The van der Waals surface area contributed by atoms with E-state index in [1.54, 1.807) is 0 Å². The molecule has 6 aromatic rings. The fourth-order valence-electron chi connectivity index (χ4n) is 4.73. The molecule has 0 atom stereocenters. The van der Waals surface area contributed by atoms with Crippen LogP contribution in [-0.4, -0.2) is 18.3 Å². The van der Waals surface area contributed by atoms with Crippen molar-refractivity contribution in [3.63, 3.8) is 0 Å². The molecule has 235 valence electrons. The van der Waals surface area contributed by atoms with Crippen molar-refractivity contribution in [2.45, 2.75) is 20.3 Å². The normalized spacial score (nSPS) is 9.83. The fraction of sp³-hybridized carbons (Fsp3) is 0.116. The summed E-state index contributed by atoms with van der Waals surface area (Å²) in [5.41, 5.74) is 8.95. The third-order valence-electron chi connectivity index (χ3n) is 7.19. The van der Waals surface area contributed by atoms with Crippen LogP contribution >= 0.6 is 0 Å². The third kappa shape index (κ3) is 11.9. The maximum Gasteiger partial charge on any atom is 3.00 e. The molecule has 0 unspecified atom stereocenters. The SMILES string of the molecule is Cc1ccc(OCCC[N-]c2ccccc2C)c(-c2cccc(-c3ccccc3)c2O)c1.[CH2-]c1ccccc1.[CH2-]c1ccccc1.[Zr+3]. The quantitative estimate of drug-likeness (QED) is 0.127. The van der Waals surface area contributed by atoms with Gasteiger partial charge in [-0.15, -0.1) is 36.5 Å². The first kappa shape index (κ1) is 36.8. The molecule has 1 N–H and O–H groups in total. The van der Waals surface area contributed by atoms with E-state index in [0.29, 0.717) is 13.2 Å². The van der Waals surface area contributed by atoms with Gasteiger partial charge in [0.25, 0.3) is 0 Å². The van der Waals surface area contributed by atoms with Crippen LogP contribution in [0, 0.1) is 27.7 Å². The summed E-state index contributed by atoms with van der Waals surface area (Å²) in [4.78, 5) is 0. The summed E-state index contributed by atoms with van der Waals surface area (Å²) in [5.74, 6) is 1.04. The minimum atomic E-state index is 0. The number of benzene rings is 6. The Labute approximate surface area is 300 Å². The van der Waals surface area contributed by atoms with Gasteiger partial charge < -0.3 is 15.2 Å². The first-order chi connectivity index (χ1) is 22.4. The van der Waals surface area contributed by atoms with Crippen molar-refractivity contribution in [3.8, 4) is 33.8 Å². The van der Waals surface area contributed by atoms with Gasteiger partial charge in [0.2, 0.25) is 0 Å². The maximum absolute atomic E-state index is 11.1. The molecule has 0 fully saturated rings. The van der Waals surface area contributed by atoms with Gasteiger partial charge in [0.1, 0.15) is 11.5 Å². The number of hydrogen-bond donors (Lipinski definition) is 1. The Balaban J connectivity index is 0.000000329. The van der Waals surface area contributed by atoms with Crippen LogP contribution in [0.4, 0.5) is 5.69 Å². The van der Waals surface area contributed by atoms with E-state index in [4.69, 9.17) is 4.74 Å². The monoisotopic (exact) mass is 694 g/mol. The van der Waals surface area contributed by atoms with Gasteiger partial charge in [-0.25, -0.2) is 0 Å². The van der Waals surface area contributed by atoms with Crippen molar-refractivity contribution in [3.05, 3.63) is 193 Å². The van der Waals surface area contributed by atoms with Gasteiger partial charge in [-0.1, -0.05) is 102 Å². The van der Waals surface area contributed by atoms with Crippen molar-refractivity contribution in [2.75, 3.05) is 13.2 Å². The van der Waals surface area contributed by atoms with Gasteiger partial charge in [-0.2, -0.15) is 49.2 Å². The van der Waals surface area contributed by atoms with Gasteiger partial charge in [0, 0.05) is 16.7 Å². The largest absolute Gasteiger partial charge is 3.00 e. The number of para-hydroxylation sites is 2. The van der Waals surface area contributed by atoms with Crippen LogP contribution in [0.15, 0.2) is 152 Å². The first-order valence-corrected chi connectivity index (χ1v) is 15.5. The molecule has 0 aromatic heterocycles. The maximum atomic E-state index is 11.1. The fourth-order valence-corrected chi connectivity index (χ4v) is 4.73. The smallest absolute Gasteiger partial charge is 0.684 e. The number of phenolic OH excluding ortho intramolecular Hbond substituents is 1. The topological polar surface area (TPSA) is 43.6 Å². The van der Waals surface area contributed by atoms with Gasteiger partial charge in [-0.05, 0) is 38.0 Å². The Hall–Kier alpha value is -4.66. The van der Waals surface area contributed by atoms with Gasteiger partial charge >= 0.3 is 26.2 Å². The van der Waals surface area contributed by atoms with Crippen LogP contribution in [0.1, 0.15) is 28.7 Å². The molecule has 0 bridgehead atoms. The summed E-state index contributed by atoms with van der Waals surface area (Å²) in [6, 6.07) is 49.8. The summed E-state index contributed by atoms with van der Waals surface area (Å²) in [6.07, 6.45) is 0.817. The number of ether oxygens (including phenoxy) is 1. The molecule has 4 heteroatoms. The first-order valence-electron chi connectivity index (χ1n) is 15.5. The minimum absolute atomic E-state index is 0. The molecular formula is C43H42NO2Zr. The van der Waals surface area contributed by atoms with Gasteiger partial charge in [-0.3, -0.25) is 0 Å². The van der Waals surface area contributed by atoms with Crippen molar-refractivity contribution in [1.82, 2.24) is 0 Å². The van der Waals surface area contributed by atoms with E-state index >= 15 is 0 Å². The number of hydrogen-bond acceptors (Lipinski definition) is 2. The molecule has 0 saturated carbocycles. The predicted molar refractivity (Wildman–Crippen MR) is 195 cm³/mol. The van der Waals surface area contributed by atoms with Crippen molar-refractivity contribution in [1.29, 1.82) is 0 Å². The van der Waals surface area contributed by atoms with Crippen LogP contribution in [0.2, 0.25) is 0 Å². The third-order valence-corrected chi connectivity index (χ3v) is 7.19. The van der Waals surface area contributed by atoms with E-state index in [1.165, 1.54) is 5.56 Å². The standard InChI is InChI=1S/C29H28NO2.2C7H7.Zr/c1-21-16-17-28(32-19-9-18-30-27-15-7-6-10-22(27)2)26(20-21)25-14-8-13-24(29(25)31)23-11-4-3-5-12-23;2*1-7-5-3-2-4-6-7;/h3-8,10-17,20,31H,9,18-19H2,1-2H3;2*2-6H,1H2;/q3*-1;+3. The van der Waals surface area contributed by atoms with E-state index in [-0.39, 0.29) is 32.0 Å². The molecular weight excluding hydrogens is 654 g/mol. The van der Waals surface area contributed by atoms with Gasteiger partial charge in [0.05, 0.1) is 6.61 Å². The Morgan fingerprint density at radius 1 is 0.596 bits per heavy atom. The Morgan fingerprint density at radius 3 is 1.72 bits per heavy atom. The van der Waals surface area contributed by atoms with Gasteiger partial charge in [0.15, 0.2) is 0 Å². The zero-order chi connectivity index (χ0) is 32.6. The molecule has 6 rings (SSSR count). The van der Waals surface area contributed by atoms with Crippen LogP contribution < -0.4 is 4.74 Å². The molecule has 0 aliphatic heterocycles. The number of aromatic hydroxyl groups is 1. The molecule has 0 saturated heterocycles. The summed E-state index contributed by atoms with van der Waals surface area (Å²) in [7, 11) is 0. The van der Waals surface area contributed by atoms with Crippen LogP contribution in [-0.2, 0) is 26.2 Å². The van der Waals surface area contributed by atoms with E-state index in [1.807, 2.05) is 146 Å². The Kier molecular flexibility index (Phi) is 15.5. The molecule has 0 spiro atoms. The zero-order valence-corrected chi connectivity index (χ0v) is 29.7. The Morgan fingerprint density at radius 2 is 1.15 bits per heavy atom.